The molecule has 0 amide bonds. The van der Waals surface area contributed by atoms with Crippen molar-refractivity contribution in [2.24, 2.45) is 0 Å². The summed E-state index contributed by atoms with van der Waals surface area (Å²) in [6.45, 7) is 0. The van der Waals surface area contributed by atoms with Crippen molar-refractivity contribution in [3.8, 4) is 24.0 Å². The van der Waals surface area contributed by atoms with Crippen molar-refractivity contribution in [2.45, 2.75) is 0 Å². The number of methoxy groups -OCH3 is 1. The first kappa shape index (κ1) is 15.3. The lowest BCUT2D eigenvalue weighted by Crippen LogP contribution is -2.03. The molecule has 0 spiro atoms. The summed E-state index contributed by atoms with van der Waals surface area (Å²) >= 11 is 5.41. The van der Waals surface area contributed by atoms with E-state index in [2.05, 4.69) is 43.8 Å². The van der Waals surface area contributed by atoms with Crippen LogP contribution in [0, 0.1) is 37.6 Å². The minimum absolute atomic E-state index is 0.114. The fourth-order valence-corrected chi connectivity index (χ4v) is 3.01. The Kier molecular flexibility index (Phi) is 5.62. The van der Waals surface area contributed by atoms with Crippen molar-refractivity contribution < 1.29 is 4.74 Å². The first-order valence-corrected chi connectivity index (χ1v) is 6.69. The molecule has 0 atom stereocenters. The summed E-state index contributed by atoms with van der Waals surface area (Å²) in [6.07, 6.45) is 0. The van der Waals surface area contributed by atoms with E-state index in [-0.39, 0.29) is 11.3 Å². The van der Waals surface area contributed by atoms with E-state index in [9.17, 15) is 0 Å². The van der Waals surface area contributed by atoms with Crippen molar-refractivity contribution in [3.63, 3.8) is 0 Å². The van der Waals surface area contributed by atoms with Gasteiger partial charge in [-0.15, -0.1) is 0 Å². The number of nitrogens with one attached hydrogen (secondary N) is 1. The van der Waals surface area contributed by atoms with Crippen LogP contribution in [0.25, 0.3) is 0 Å². The molecule has 0 unspecified atom stereocenters. The summed E-state index contributed by atoms with van der Waals surface area (Å²) in [5.41, 5.74) is 0.109. The summed E-state index contributed by atoms with van der Waals surface area (Å²) in [5.74, 6) is 0.534. The third-order valence-corrected chi connectivity index (χ3v) is 3.32. The van der Waals surface area contributed by atoms with Crippen LogP contribution in [0.5, 0.6) is 5.75 Å². The highest BCUT2D eigenvalue weighted by molar-refractivity contribution is 14.1. The zero-order valence-electron chi connectivity index (χ0n) is 9.66. The van der Waals surface area contributed by atoms with Crippen LogP contribution in [-0.2, 0) is 0 Å². The third-order valence-electron chi connectivity index (χ3n) is 2.06. The molecule has 0 radical (unpaired) electrons. The van der Waals surface area contributed by atoms with E-state index < -0.39 is 0 Å². The zero-order valence-corrected chi connectivity index (χ0v) is 13.4. The molecule has 0 aliphatic heterocycles. The van der Waals surface area contributed by atoms with E-state index in [1.165, 1.54) is 7.11 Å². The van der Waals surface area contributed by atoms with Crippen LogP contribution < -0.4 is 10.1 Å². The highest BCUT2D eigenvalue weighted by atomic mass is 127. The van der Waals surface area contributed by atoms with Gasteiger partial charge in [0.05, 0.1) is 16.4 Å². The molecule has 0 bridgehead atoms. The van der Waals surface area contributed by atoms with Crippen LogP contribution in [0.2, 0.25) is 0 Å². The number of allylic oxidation sites excluding steroid dienone is 2. The quantitative estimate of drug-likeness (QED) is 0.588. The molecule has 0 aliphatic rings. The second-order valence-electron chi connectivity index (χ2n) is 3.18. The van der Waals surface area contributed by atoms with Gasteiger partial charge in [0.15, 0.2) is 11.3 Å². The lowest BCUT2D eigenvalue weighted by atomic mass is 10.2. The molecule has 0 aliphatic carbocycles. The van der Waals surface area contributed by atoms with Gasteiger partial charge in [0.25, 0.3) is 0 Å². The molecule has 0 saturated heterocycles. The molecule has 0 heterocycles. The van der Waals surface area contributed by atoms with Crippen LogP contribution >= 0.6 is 38.5 Å². The van der Waals surface area contributed by atoms with Gasteiger partial charge in [-0.2, -0.15) is 15.8 Å². The van der Waals surface area contributed by atoms with Gasteiger partial charge in [-0.1, -0.05) is 15.9 Å². The number of halogens is 2. The number of hydrogen-bond donors (Lipinski definition) is 1. The highest BCUT2D eigenvalue weighted by Gasteiger charge is 2.13. The Morgan fingerprint density at radius 3 is 2.37 bits per heavy atom. The monoisotopic (exact) mass is 428 g/mol. The number of nitrogens with zero attached hydrogens (tertiary/aromatic N) is 3. The van der Waals surface area contributed by atoms with Gasteiger partial charge in [0.1, 0.15) is 23.9 Å². The van der Waals surface area contributed by atoms with Crippen LogP contribution in [0.15, 0.2) is 27.9 Å². The number of hydrogen-bond acceptors (Lipinski definition) is 5. The predicted molar refractivity (Wildman–Crippen MR) is 80.9 cm³/mol. The SMILES string of the molecule is COc1c(I)cc(Br)cc1NC(C#N)=C(C#N)C#N. The Balaban J connectivity index is 3.35. The molecule has 19 heavy (non-hydrogen) atoms. The molecular formula is C12H6BrIN4O. The van der Waals surface area contributed by atoms with Crippen molar-refractivity contribution in [2.75, 3.05) is 12.4 Å². The maximum Gasteiger partial charge on any atom is 0.163 e. The Hall–Kier alpha value is -1.76. The number of benzene rings is 1. The fourth-order valence-electron chi connectivity index (χ4n) is 1.28. The van der Waals surface area contributed by atoms with Crippen LogP contribution in [-0.4, -0.2) is 7.11 Å². The van der Waals surface area contributed by atoms with Crippen LogP contribution in [0.4, 0.5) is 5.69 Å². The molecule has 1 aromatic carbocycles. The Labute approximate surface area is 132 Å². The average molecular weight is 429 g/mol. The standard InChI is InChI=1S/C12H6BrIN4O/c1-19-12-9(14)2-8(13)3-10(12)18-11(6-17)7(4-15)5-16/h2-3,18H,1H3. The minimum atomic E-state index is -0.278. The van der Waals surface area contributed by atoms with Crippen molar-refractivity contribution in [1.82, 2.24) is 0 Å². The molecule has 5 nitrogen and oxygen atoms in total. The van der Waals surface area contributed by atoms with Crippen LogP contribution in [0.1, 0.15) is 0 Å². The van der Waals surface area contributed by atoms with Crippen molar-refractivity contribution >= 4 is 44.2 Å². The fraction of sp³-hybridized carbons (Fsp3) is 0.0833. The number of nitriles is 3. The molecule has 1 rings (SSSR count). The predicted octanol–water partition coefficient (Wildman–Crippen LogP) is 3.30. The van der Waals surface area contributed by atoms with Gasteiger partial charge >= 0.3 is 0 Å². The van der Waals surface area contributed by atoms with Gasteiger partial charge in [-0.25, -0.2) is 0 Å². The van der Waals surface area contributed by atoms with E-state index in [1.807, 2.05) is 6.07 Å². The first-order valence-electron chi connectivity index (χ1n) is 4.82. The molecule has 94 valence electrons. The van der Waals surface area contributed by atoms with Crippen molar-refractivity contribution in [1.29, 1.82) is 15.8 Å². The summed E-state index contributed by atoms with van der Waals surface area (Å²) < 4.78 is 6.84. The minimum Gasteiger partial charge on any atom is -0.493 e. The van der Waals surface area contributed by atoms with Crippen molar-refractivity contribution in [3.05, 3.63) is 31.4 Å². The normalized spacial score (nSPS) is 8.63. The lowest BCUT2D eigenvalue weighted by molar-refractivity contribution is 0.413. The zero-order chi connectivity index (χ0) is 14.4. The second kappa shape index (κ2) is 6.98. The van der Waals surface area contributed by atoms with E-state index >= 15 is 0 Å². The third kappa shape index (κ3) is 3.60. The summed E-state index contributed by atoms with van der Waals surface area (Å²) in [6, 6.07) is 8.67. The molecule has 0 aromatic heterocycles. The second-order valence-corrected chi connectivity index (χ2v) is 5.26. The van der Waals surface area contributed by atoms with Gasteiger partial charge in [0.2, 0.25) is 0 Å². The number of anilines is 1. The van der Waals surface area contributed by atoms with Gasteiger partial charge in [0, 0.05) is 4.47 Å². The van der Waals surface area contributed by atoms with E-state index in [1.54, 1.807) is 24.3 Å². The number of ether oxygens (including phenoxy) is 1. The van der Waals surface area contributed by atoms with E-state index in [0.717, 1.165) is 8.04 Å². The van der Waals surface area contributed by atoms with Gasteiger partial charge in [-0.3, -0.25) is 0 Å². The molecule has 0 saturated carbocycles. The topological polar surface area (TPSA) is 92.6 Å². The average Bonchev–Trinajstić information content (AvgIpc) is 2.38. The molecule has 1 N–H and O–H groups in total. The number of rotatable bonds is 3. The summed E-state index contributed by atoms with van der Waals surface area (Å²) in [7, 11) is 1.50. The Morgan fingerprint density at radius 1 is 1.26 bits per heavy atom. The summed E-state index contributed by atoms with van der Waals surface area (Å²) in [4.78, 5) is 0. The molecule has 0 fully saturated rings. The summed E-state index contributed by atoms with van der Waals surface area (Å²) in [5, 5.41) is 29.3. The first-order chi connectivity index (χ1) is 9.07. The molecular weight excluding hydrogens is 423 g/mol. The maximum atomic E-state index is 9.00. The largest absolute Gasteiger partial charge is 0.493 e. The van der Waals surface area contributed by atoms with Gasteiger partial charge in [-0.05, 0) is 34.7 Å². The molecule has 1 aromatic rings. The smallest absolute Gasteiger partial charge is 0.163 e. The van der Waals surface area contributed by atoms with E-state index in [4.69, 9.17) is 20.5 Å². The Morgan fingerprint density at radius 2 is 1.89 bits per heavy atom. The molecule has 7 heteroatoms. The van der Waals surface area contributed by atoms with E-state index in [0.29, 0.717) is 11.4 Å². The maximum absolute atomic E-state index is 9.00. The Bertz CT molecular complexity index is 648. The van der Waals surface area contributed by atoms with Crippen LogP contribution in [0.3, 0.4) is 0 Å². The lowest BCUT2D eigenvalue weighted by Gasteiger charge is -2.12. The van der Waals surface area contributed by atoms with Gasteiger partial charge < -0.3 is 10.1 Å². The highest BCUT2D eigenvalue weighted by Crippen LogP contribution is 2.34.